The number of fused-ring (bicyclic) bond motifs is 8. The van der Waals surface area contributed by atoms with Gasteiger partial charge in [-0.05, 0) is 64.7 Å². The number of hydrogen-bond acceptors (Lipinski definition) is 2. The van der Waals surface area contributed by atoms with E-state index in [4.69, 9.17) is 0 Å². The average molecular weight is 447 g/mol. The average Bonchev–Trinajstić information content (AvgIpc) is 3.52. The first-order valence-corrected chi connectivity index (χ1v) is 12.3. The van der Waals surface area contributed by atoms with E-state index in [1.807, 2.05) is 34.8 Å². The highest BCUT2D eigenvalue weighted by atomic mass is 32.1. The van der Waals surface area contributed by atoms with Crippen molar-refractivity contribution in [2.24, 2.45) is 0 Å². The zero-order valence-corrected chi connectivity index (χ0v) is 18.8. The Morgan fingerprint density at radius 3 is 2.19 bits per heavy atom. The van der Waals surface area contributed by atoms with Crippen LogP contribution in [0.1, 0.15) is 5.56 Å². The number of aryl methyl sites for hydroxylation is 1. The van der Waals surface area contributed by atoms with Gasteiger partial charge < -0.3 is 0 Å². The van der Waals surface area contributed by atoms with Crippen molar-refractivity contribution in [1.29, 1.82) is 0 Å². The molecule has 0 fully saturated rings. The molecule has 0 saturated carbocycles. The summed E-state index contributed by atoms with van der Waals surface area (Å²) < 4.78 is 14.8. The molecule has 0 radical (unpaired) electrons. The van der Waals surface area contributed by atoms with Crippen molar-refractivity contribution < 1.29 is 4.39 Å². The molecule has 0 amide bonds. The molecule has 0 atom stereocenters. The molecule has 0 bridgehead atoms. The summed E-state index contributed by atoms with van der Waals surface area (Å²) in [6, 6.07) is 25.2. The van der Waals surface area contributed by atoms with Crippen LogP contribution in [-0.2, 0) is 0 Å². The van der Waals surface area contributed by atoms with Gasteiger partial charge in [0.1, 0.15) is 5.82 Å². The first-order chi connectivity index (χ1) is 15.7. The third-order valence-electron chi connectivity index (χ3n) is 6.91. The number of halogens is 1. The van der Waals surface area contributed by atoms with Gasteiger partial charge in [-0.3, -0.25) is 0 Å². The zero-order chi connectivity index (χ0) is 21.1. The van der Waals surface area contributed by atoms with Gasteiger partial charge in [0.2, 0.25) is 0 Å². The van der Waals surface area contributed by atoms with Crippen molar-refractivity contribution in [3.05, 3.63) is 84.2 Å². The topological polar surface area (TPSA) is 0 Å². The zero-order valence-electron chi connectivity index (χ0n) is 17.1. The van der Waals surface area contributed by atoms with Gasteiger partial charge in [0.05, 0.1) is 0 Å². The molecule has 2 aliphatic rings. The summed E-state index contributed by atoms with van der Waals surface area (Å²) in [6.45, 7) is 2.17. The minimum Gasteiger partial charge on any atom is -0.207 e. The van der Waals surface area contributed by atoms with E-state index in [9.17, 15) is 4.39 Å². The highest BCUT2D eigenvalue weighted by Crippen LogP contribution is 2.61. The molecular formula is C29H15FS2. The van der Waals surface area contributed by atoms with E-state index in [-0.39, 0.29) is 5.82 Å². The summed E-state index contributed by atoms with van der Waals surface area (Å²) in [5, 5.41) is 4.19. The summed E-state index contributed by atoms with van der Waals surface area (Å²) in [4.78, 5) is 3.93. The molecule has 2 heterocycles. The summed E-state index contributed by atoms with van der Waals surface area (Å²) in [5.74, 6) is -0.193. The van der Waals surface area contributed by atoms with Crippen LogP contribution in [-0.4, -0.2) is 0 Å². The maximum absolute atomic E-state index is 13.4. The highest BCUT2D eigenvalue weighted by Gasteiger charge is 2.32. The van der Waals surface area contributed by atoms with Crippen LogP contribution in [0, 0.1) is 12.7 Å². The van der Waals surface area contributed by atoms with Crippen molar-refractivity contribution in [2.75, 3.05) is 0 Å². The summed E-state index contributed by atoms with van der Waals surface area (Å²) >= 11 is 3.73. The van der Waals surface area contributed by atoms with E-state index in [1.54, 1.807) is 12.1 Å². The van der Waals surface area contributed by atoms with Gasteiger partial charge in [-0.2, -0.15) is 0 Å². The van der Waals surface area contributed by atoms with Crippen LogP contribution in [0.15, 0.2) is 72.8 Å². The molecule has 150 valence electrons. The van der Waals surface area contributed by atoms with Crippen LogP contribution in [0.5, 0.6) is 0 Å². The maximum Gasteiger partial charge on any atom is 0.123 e. The van der Waals surface area contributed by atoms with Gasteiger partial charge in [0, 0.05) is 47.0 Å². The standard InChI is InChI=1S/C29H15FS2/c1-14-2-11-23-22(12-14)27-18-8-10-19-25-17(7-9-20(26(18)25)29(27)31-23)21-13-24(32-28(19)21)15-3-5-16(30)6-4-15/h2-13H,1H3. The van der Waals surface area contributed by atoms with Crippen LogP contribution in [0.3, 0.4) is 0 Å². The van der Waals surface area contributed by atoms with Crippen LogP contribution in [0.25, 0.3) is 74.4 Å². The lowest BCUT2D eigenvalue weighted by Gasteiger charge is -2.07. The fourth-order valence-electron chi connectivity index (χ4n) is 5.52. The number of thiophene rings is 2. The van der Waals surface area contributed by atoms with Gasteiger partial charge in [-0.1, -0.05) is 48.0 Å². The van der Waals surface area contributed by atoms with Gasteiger partial charge >= 0.3 is 0 Å². The minimum atomic E-state index is -0.193. The smallest absolute Gasteiger partial charge is 0.123 e. The van der Waals surface area contributed by atoms with E-state index in [1.165, 1.54) is 74.4 Å². The Morgan fingerprint density at radius 2 is 1.34 bits per heavy atom. The Balaban J connectivity index is 1.39. The minimum absolute atomic E-state index is 0.193. The second-order valence-corrected chi connectivity index (χ2v) is 10.8. The summed E-state index contributed by atoms with van der Waals surface area (Å²) in [5.41, 5.74) is 10.5. The van der Waals surface area contributed by atoms with Gasteiger partial charge in [-0.25, -0.2) is 4.39 Å². The molecular weight excluding hydrogens is 431 g/mol. The molecule has 3 heteroatoms. The molecule has 0 saturated heterocycles. The maximum atomic E-state index is 13.4. The molecule has 0 spiro atoms. The Kier molecular flexibility index (Phi) is 3.11. The number of hydrogen-bond donors (Lipinski definition) is 0. The van der Waals surface area contributed by atoms with E-state index >= 15 is 0 Å². The molecule has 4 aromatic carbocycles. The largest absolute Gasteiger partial charge is 0.207 e. The number of benzene rings is 4. The van der Waals surface area contributed by atoms with Crippen molar-refractivity contribution in [3.63, 3.8) is 0 Å². The Bertz CT molecular complexity index is 1750. The first-order valence-electron chi connectivity index (χ1n) is 10.7. The van der Waals surface area contributed by atoms with E-state index in [2.05, 4.69) is 55.5 Å². The van der Waals surface area contributed by atoms with Crippen LogP contribution in [0.4, 0.5) is 4.39 Å². The van der Waals surface area contributed by atoms with E-state index < -0.39 is 0 Å². The van der Waals surface area contributed by atoms with Gasteiger partial charge in [0.25, 0.3) is 0 Å². The van der Waals surface area contributed by atoms with Crippen molar-refractivity contribution in [2.45, 2.75) is 6.92 Å². The summed E-state index contributed by atoms with van der Waals surface area (Å²) in [7, 11) is 0. The molecule has 2 aromatic heterocycles. The first kappa shape index (κ1) is 17.3. The molecule has 2 aliphatic carbocycles. The monoisotopic (exact) mass is 446 g/mol. The fourth-order valence-corrected chi connectivity index (χ4v) is 7.96. The van der Waals surface area contributed by atoms with Gasteiger partial charge in [0.15, 0.2) is 0 Å². The van der Waals surface area contributed by atoms with E-state index in [0.29, 0.717) is 0 Å². The van der Waals surface area contributed by atoms with Crippen molar-refractivity contribution >= 4 is 43.5 Å². The Hall–Kier alpha value is -3.27. The third-order valence-corrected chi connectivity index (χ3v) is 9.34. The van der Waals surface area contributed by atoms with Crippen molar-refractivity contribution in [1.82, 2.24) is 0 Å². The van der Waals surface area contributed by atoms with Crippen molar-refractivity contribution in [3.8, 4) is 53.6 Å². The Labute approximate surface area is 192 Å². The lowest BCUT2D eigenvalue weighted by molar-refractivity contribution is 0.628. The predicted molar refractivity (Wildman–Crippen MR) is 136 cm³/mol. The molecule has 6 aromatic rings. The lowest BCUT2D eigenvalue weighted by Crippen LogP contribution is -1.80. The van der Waals surface area contributed by atoms with Gasteiger partial charge in [-0.15, -0.1) is 22.7 Å². The highest BCUT2D eigenvalue weighted by molar-refractivity contribution is 7.23. The second-order valence-electron chi connectivity index (χ2n) is 8.74. The fraction of sp³-hybridized carbons (Fsp3) is 0.0345. The van der Waals surface area contributed by atoms with Crippen LogP contribution in [0.2, 0.25) is 0 Å². The Morgan fingerprint density at radius 1 is 0.625 bits per heavy atom. The second kappa shape index (κ2) is 5.74. The number of rotatable bonds is 1. The van der Waals surface area contributed by atoms with Crippen LogP contribution < -0.4 is 0 Å². The molecule has 32 heavy (non-hydrogen) atoms. The van der Waals surface area contributed by atoms with Crippen LogP contribution >= 0.6 is 22.7 Å². The molecule has 0 N–H and O–H groups in total. The quantitative estimate of drug-likeness (QED) is 0.235. The molecule has 0 unspecified atom stereocenters. The SMILES string of the molecule is Cc1ccc2sc3c(c2c1)-c1ccc2c4c(ccc-3c14)-c1cc(-c3ccc(F)cc3)sc1-2. The lowest BCUT2D eigenvalue weighted by atomic mass is 9.97. The molecule has 0 nitrogen and oxygen atoms in total. The normalized spacial score (nSPS) is 12.7. The van der Waals surface area contributed by atoms with E-state index in [0.717, 1.165) is 5.56 Å². The molecule has 0 aliphatic heterocycles. The predicted octanol–water partition coefficient (Wildman–Crippen LogP) is 9.53. The third kappa shape index (κ3) is 2.01. The summed E-state index contributed by atoms with van der Waals surface area (Å²) in [6.07, 6.45) is 0. The molecule has 8 rings (SSSR count).